The summed E-state index contributed by atoms with van der Waals surface area (Å²) in [7, 11) is 0. The number of likely N-dealkylation sites (tertiary alicyclic amines) is 1. The SMILES string of the molecule is O=C(Nc1cc(C(F)(F)F)ccc1N1CCCC1)C1CCN(C(=O)c2ccc(Cl)cc2)CC1. The van der Waals surface area contributed by atoms with Crippen LogP contribution in [0.15, 0.2) is 42.5 Å². The fourth-order valence-electron chi connectivity index (χ4n) is 4.40. The molecule has 2 aliphatic heterocycles. The zero-order valence-corrected chi connectivity index (χ0v) is 18.8. The Morgan fingerprint density at radius 1 is 0.939 bits per heavy atom. The molecule has 33 heavy (non-hydrogen) atoms. The largest absolute Gasteiger partial charge is 0.416 e. The van der Waals surface area contributed by atoms with E-state index in [9.17, 15) is 22.8 Å². The summed E-state index contributed by atoms with van der Waals surface area (Å²) in [4.78, 5) is 29.3. The quantitative estimate of drug-likeness (QED) is 0.634. The number of rotatable bonds is 4. The van der Waals surface area contributed by atoms with Crippen molar-refractivity contribution in [2.45, 2.75) is 31.9 Å². The first-order chi connectivity index (χ1) is 15.7. The van der Waals surface area contributed by atoms with E-state index < -0.39 is 11.7 Å². The third-order valence-electron chi connectivity index (χ3n) is 6.27. The van der Waals surface area contributed by atoms with Crippen LogP contribution in [0.4, 0.5) is 24.5 Å². The third-order valence-corrected chi connectivity index (χ3v) is 6.52. The fraction of sp³-hybridized carbons (Fsp3) is 0.417. The molecule has 2 aliphatic rings. The van der Waals surface area contributed by atoms with Gasteiger partial charge in [-0.2, -0.15) is 13.2 Å². The molecule has 0 aromatic heterocycles. The maximum absolute atomic E-state index is 13.3. The van der Waals surface area contributed by atoms with Crippen LogP contribution in [0.25, 0.3) is 0 Å². The van der Waals surface area contributed by atoms with E-state index in [0.717, 1.165) is 38.1 Å². The van der Waals surface area contributed by atoms with Gasteiger partial charge in [0.2, 0.25) is 5.91 Å². The van der Waals surface area contributed by atoms with Crippen LogP contribution < -0.4 is 10.2 Å². The minimum absolute atomic E-state index is 0.125. The lowest BCUT2D eigenvalue weighted by Gasteiger charge is -2.32. The number of anilines is 2. The van der Waals surface area contributed by atoms with Gasteiger partial charge in [0.1, 0.15) is 0 Å². The molecule has 4 rings (SSSR count). The molecule has 2 saturated heterocycles. The van der Waals surface area contributed by atoms with E-state index >= 15 is 0 Å². The molecule has 2 fully saturated rings. The number of nitrogens with zero attached hydrogens (tertiary/aromatic N) is 2. The fourth-order valence-corrected chi connectivity index (χ4v) is 4.53. The second-order valence-electron chi connectivity index (χ2n) is 8.49. The van der Waals surface area contributed by atoms with Gasteiger partial charge in [-0.3, -0.25) is 9.59 Å². The predicted molar refractivity (Wildman–Crippen MR) is 122 cm³/mol. The molecule has 0 atom stereocenters. The molecule has 0 unspecified atom stereocenters. The van der Waals surface area contributed by atoms with Crippen LogP contribution in [-0.2, 0) is 11.0 Å². The molecule has 0 aliphatic carbocycles. The number of nitrogens with one attached hydrogen (secondary N) is 1. The smallest absolute Gasteiger partial charge is 0.370 e. The number of amides is 2. The van der Waals surface area contributed by atoms with Crippen LogP contribution >= 0.6 is 11.6 Å². The Labute approximate surface area is 195 Å². The third kappa shape index (κ3) is 5.43. The molecule has 9 heteroatoms. The number of carbonyl (C=O) groups excluding carboxylic acids is 2. The van der Waals surface area contributed by atoms with Crippen molar-refractivity contribution >= 4 is 34.8 Å². The lowest BCUT2D eigenvalue weighted by molar-refractivity contribution is -0.137. The maximum Gasteiger partial charge on any atom is 0.416 e. The molecule has 1 N–H and O–H groups in total. The first kappa shape index (κ1) is 23.4. The van der Waals surface area contributed by atoms with Crippen molar-refractivity contribution in [3.05, 3.63) is 58.6 Å². The van der Waals surface area contributed by atoms with Crippen LogP contribution in [0, 0.1) is 5.92 Å². The van der Waals surface area contributed by atoms with Crippen LogP contribution in [0.5, 0.6) is 0 Å². The predicted octanol–water partition coefficient (Wildman–Crippen LogP) is 5.45. The molecule has 2 heterocycles. The number of hydrogen-bond acceptors (Lipinski definition) is 3. The summed E-state index contributed by atoms with van der Waals surface area (Å²) in [5.41, 5.74) is 0.547. The first-order valence-electron chi connectivity index (χ1n) is 11.0. The summed E-state index contributed by atoms with van der Waals surface area (Å²) in [6, 6.07) is 10.2. The van der Waals surface area contributed by atoms with Gasteiger partial charge in [-0.1, -0.05) is 11.6 Å². The molecule has 2 aromatic rings. The van der Waals surface area contributed by atoms with E-state index in [4.69, 9.17) is 11.6 Å². The highest BCUT2D eigenvalue weighted by molar-refractivity contribution is 6.30. The van der Waals surface area contributed by atoms with Crippen LogP contribution in [0.3, 0.4) is 0 Å². The Hall–Kier alpha value is -2.74. The number of halogens is 4. The van der Waals surface area contributed by atoms with Gasteiger partial charge in [0.25, 0.3) is 5.91 Å². The highest BCUT2D eigenvalue weighted by Gasteiger charge is 2.33. The summed E-state index contributed by atoms with van der Waals surface area (Å²) < 4.78 is 39.8. The molecule has 2 aromatic carbocycles. The van der Waals surface area contributed by atoms with E-state index in [1.807, 2.05) is 4.90 Å². The average Bonchev–Trinajstić information content (AvgIpc) is 3.33. The number of alkyl halides is 3. The lowest BCUT2D eigenvalue weighted by atomic mass is 9.95. The Morgan fingerprint density at radius 3 is 2.18 bits per heavy atom. The summed E-state index contributed by atoms with van der Waals surface area (Å²) in [5, 5.41) is 3.30. The zero-order valence-electron chi connectivity index (χ0n) is 18.0. The summed E-state index contributed by atoms with van der Waals surface area (Å²) in [6.07, 6.45) is -1.66. The van der Waals surface area contributed by atoms with Gasteiger partial charge < -0.3 is 15.1 Å². The highest BCUT2D eigenvalue weighted by Crippen LogP contribution is 2.37. The Bertz CT molecular complexity index is 1010. The van der Waals surface area contributed by atoms with Crippen molar-refractivity contribution in [1.82, 2.24) is 4.90 Å². The maximum atomic E-state index is 13.3. The van der Waals surface area contributed by atoms with Crippen molar-refractivity contribution in [1.29, 1.82) is 0 Å². The van der Waals surface area contributed by atoms with Crippen molar-refractivity contribution < 1.29 is 22.8 Å². The van der Waals surface area contributed by atoms with E-state index in [-0.39, 0.29) is 23.4 Å². The van der Waals surface area contributed by atoms with E-state index in [1.54, 1.807) is 29.2 Å². The molecule has 0 saturated carbocycles. The van der Waals surface area contributed by atoms with Gasteiger partial charge in [-0.25, -0.2) is 0 Å². The van der Waals surface area contributed by atoms with Gasteiger partial charge in [-0.05, 0) is 68.1 Å². The number of carbonyl (C=O) groups is 2. The van der Waals surface area contributed by atoms with Crippen molar-refractivity contribution in [2.24, 2.45) is 5.92 Å². The highest BCUT2D eigenvalue weighted by atomic mass is 35.5. The molecule has 176 valence electrons. The standard InChI is InChI=1S/C24H25ClF3N3O2/c25-19-6-3-17(4-7-19)23(33)31-13-9-16(10-14-31)22(32)29-20-15-18(24(26,27)28)5-8-21(20)30-11-1-2-12-30/h3-8,15-16H,1-2,9-14H2,(H,29,32). The Balaban J connectivity index is 1.43. The summed E-state index contributed by atoms with van der Waals surface area (Å²) >= 11 is 5.88. The second kappa shape index (κ2) is 9.63. The summed E-state index contributed by atoms with van der Waals surface area (Å²) in [5.74, 6) is -0.812. The van der Waals surface area contributed by atoms with Crippen molar-refractivity contribution in [3.8, 4) is 0 Å². The normalized spacial score (nSPS) is 17.3. The van der Waals surface area contributed by atoms with E-state index in [0.29, 0.717) is 42.2 Å². The minimum atomic E-state index is -4.49. The van der Waals surface area contributed by atoms with Gasteiger partial charge in [0, 0.05) is 42.7 Å². The topological polar surface area (TPSA) is 52.7 Å². The van der Waals surface area contributed by atoms with Crippen molar-refractivity contribution in [2.75, 3.05) is 36.4 Å². The molecule has 2 amide bonds. The van der Waals surface area contributed by atoms with Crippen LogP contribution in [-0.4, -0.2) is 42.9 Å². The Kier molecular flexibility index (Phi) is 6.83. The summed E-state index contributed by atoms with van der Waals surface area (Å²) in [6.45, 7) is 2.31. The van der Waals surface area contributed by atoms with E-state index in [2.05, 4.69) is 5.32 Å². The molecular weight excluding hydrogens is 455 g/mol. The van der Waals surface area contributed by atoms with Gasteiger partial charge in [0.05, 0.1) is 16.9 Å². The molecular formula is C24H25ClF3N3O2. The molecule has 5 nitrogen and oxygen atoms in total. The molecule has 0 radical (unpaired) electrons. The first-order valence-corrected chi connectivity index (χ1v) is 11.4. The van der Waals surface area contributed by atoms with Crippen molar-refractivity contribution in [3.63, 3.8) is 0 Å². The van der Waals surface area contributed by atoms with Gasteiger partial charge >= 0.3 is 6.18 Å². The van der Waals surface area contributed by atoms with Gasteiger partial charge in [0.15, 0.2) is 0 Å². The molecule has 0 bridgehead atoms. The number of benzene rings is 2. The Morgan fingerprint density at radius 2 is 1.58 bits per heavy atom. The van der Waals surface area contributed by atoms with Crippen LogP contribution in [0.1, 0.15) is 41.6 Å². The average molecular weight is 480 g/mol. The van der Waals surface area contributed by atoms with E-state index in [1.165, 1.54) is 6.07 Å². The number of piperidine rings is 1. The monoisotopic (exact) mass is 479 g/mol. The molecule has 0 spiro atoms. The second-order valence-corrected chi connectivity index (χ2v) is 8.92. The van der Waals surface area contributed by atoms with Gasteiger partial charge in [-0.15, -0.1) is 0 Å². The minimum Gasteiger partial charge on any atom is -0.370 e. The number of hydrogen-bond donors (Lipinski definition) is 1. The van der Waals surface area contributed by atoms with Crippen LogP contribution in [0.2, 0.25) is 5.02 Å². The lowest BCUT2D eigenvalue weighted by Crippen LogP contribution is -2.41. The zero-order chi connectivity index (χ0) is 23.6.